The monoisotopic (exact) mass is 1580 g/mol. The van der Waals surface area contributed by atoms with Crippen LogP contribution in [0.3, 0.4) is 0 Å². The SMILES string of the molecule is CCC(C)c1ccc(-n2c3ccccc3c3cc(-c4ccc5c(c4)c4ccccc4n5-c4ccc(-c5cc(-c6ccccc6)nc(-c6ccccc6)n5)cc4)ccc32)cc1.CCCCCCCc1ccc(-n2c3ccccc3c3cc(-c4ccc5c(c4)c4ccccc4n5-c4ccc(-c5cc(-c6ccccc6)nc(-c6ccccc6)n5)cc4)ccc32)cc1. The Balaban J connectivity index is 0.000000151. The lowest BCUT2D eigenvalue weighted by atomic mass is 9.98. The Kier molecular flexibility index (Phi) is 20.1. The van der Waals surface area contributed by atoms with Crippen molar-refractivity contribution >= 4 is 87.2 Å². The molecule has 1 unspecified atom stereocenters. The highest BCUT2D eigenvalue weighted by molar-refractivity contribution is 6.15. The predicted octanol–water partition coefficient (Wildman–Crippen LogP) is 30.7. The number of nitrogens with zero attached hydrogens (tertiary/aromatic N) is 8. The first-order valence-corrected chi connectivity index (χ1v) is 43.4. The minimum atomic E-state index is 0.546. The molecule has 8 heteroatoms. The largest absolute Gasteiger partial charge is 0.309 e. The molecule has 590 valence electrons. The van der Waals surface area contributed by atoms with Crippen molar-refractivity contribution in [3.05, 3.63) is 412 Å². The summed E-state index contributed by atoms with van der Waals surface area (Å²) < 4.78 is 9.60. The molecule has 0 spiro atoms. The Morgan fingerprint density at radius 3 is 0.797 bits per heavy atom. The standard InChI is InChI=1S/C59H48N4.C56H42N4/c1-2-3-4-5-8-17-41-26-32-47(33-27-41)62-55-24-15-13-22-49(55)51-38-45(30-36-57(51)62)46-31-37-58-52(39-46)50-23-14-16-25-56(50)63(58)48-34-28-43(29-35-48)54-40-53(42-18-9-6-10-19-42)60-59(61-54)44-20-11-7-12-21-44;1-3-37(2)38-22-28-44(29-23-38)59-52-20-12-10-18-46(52)48-34-42(26-32-54(48)59)43-27-33-55-49(35-43)47-19-11-13-21-53(47)60(55)45-30-24-40(25-31-45)51-36-50(39-14-6-4-7-15-39)57-56(58-51)41-16-8-5-9-17-41/h6-7,9-16,18-40H,2-5,8,17H2,1H3;4-37H,3H2,1-2H3. The summed E-state index contributed by atoms with van der Waals surface area (Å²) in [6.07, 6.45) is 8.81. The Morgan fingerprint density at radius 2 is 0.480 bits per heavy atom. The van der Waals surface area contributed by atoms with E-state index in [1.807, 2.05) is 48.5 Å². The first-order valence-electron chi connectivity index (χ1n) is 43.4. The third kappa shape index (κ3) is 14.4. The predicted molar refractivity (Wildman–Crippen MR) is 516 cm³/mol. The van der Waals surface area contributed by atoms with E-state index >= 15 is 0 Å². The maximum atomic E-state index is 5.08. The zero-order valence-corrected chi connectivity index (χ0v) is 69.2. The van der Waals surface area contributed by atoms with E-state index in [0.717, 1.165) is 80.4 Å². The molecular weight excluding hydrogens is 1490 g/mol. The second kappa shape index (κ2) is 32.9. The van der Waals surface area contributed by atoms with E-state index in [-0.39, 0.29) is 0 Å². The number of unbranched alkanes of at least 4 members (excludes halogenated alkanes) is 4. The highest BCUT2D eigenvalue weighted by atomic mass is 15.0. The number of benzene rings is 16. The Labute approximate surface area is 716 Å². The van der Waals surface area contributed by atoms with Crippen molar-refractivity contribution in [3.63, 3.8) is 0 Å². The minimum Gasteiger partial charge on any atom is -0.309 e. The van der Waals surface area contributed by atoms with E-state index in [1.165, 1.54) is 164 Å². The van der Waals surface area contributed by atoms with E-state index in [0.29, 0.717) is 17.6 Å². The summed E-state index contributed by atoms with van der Waals surface area (Å²) in [6, 6.07) is 144. The van der Waals surface area contributed by atoms with Crippen LogP contribution in [0.1, 0.15) is 76.3 Å². The summed E-state index contributed by atoms with van der Waals surface area (Å²) >= 11 is 0. The van der Waals surface area contributed by atoms with Gasteiger partial charge < -0.3 is 18.3 Å². The molecule has 16 aromatic carbocycles. The molecule has 0 aliphatic rings. The number of hydrogen-bond donors (Lipinski definition) is 0. The zero-order valence-electron chi connectivity index (χ0n) is 69.2. The van der Waals surface area contributed by atoms with Gasteiger partial charge in [0.2, 0.25) is 0 Å². The van der Waals surface area contributed by atoms with Crippen LogP contribution < -0.4 is 0 Å². The Hall–Kier alpha value is -15.1. The van der Waals surface area contributed by atoms with E-state index in [2.05, 4.69) is 391 Å². The van der Waals surface area contributed by atoms with Gasteiger partial charge in [0.1, 0.15) is 0 Å². The van der Waals surface area contributed by atoms with Crippen LogP contribution in [0.15, 0.2) is 400 Å². The number of aryl methyl sites for hydroxylation is 1. The molecule has 6 heterocycles. The Bertz CT molecular complexity index is 7520. The summed E-state index contributed by atoms with van der Waals surface area (Å²) in [7, 11) is 0. The number of aromatic nitrogens is 8. The average Bonchev–Trinajstić information content (AvgIpc) is 1.59. The van der Waals surface area contributed by atoms with Crippen LogP contribution >= 0.6 is 0 Å². The Morgan fingerprint density at radius 1 is 0.220 bits per heavy atom. The highest BCUT2D eigenvalue weighted by Gasteiger charge is 2.22. The normalized spacial score (nSPS) is 11.9. The highest BCUT2D eigenvalue weighted by Crippen LogP contribution is 2.43. The van der Waals surface area contributed by atoms with E-state index < -0.39 is 0 Å². The van der Waals surface area contributed by atoms with E-state index in [4.69, 9.17) is 19.9 Å². The van der Waals surface area contributed by atoms with E-state index in [1.54, 1.807) is 0 Å². The lowest BCUT2D eigenvalue weighted by Gasteiger charge is -2.12. The number of hydrogen-bond acceptors (Lipinski definition) is 4. The van der Waals surface area contributed by atoms with Gasteiger partial charge in [0.15, 0.2) is 11.6 Å². The molecule has 1 atom stereocenters. The van der Waals surface area contributed by atoms with Crippen LogP contribution in [0.25, 0.3) is 200 Å². The van der Waals surface area contributed by atoms with Gasteiger partial charge in [-0.05, 0) is 192 Å². The van der Waals surface area contributed by atoms with Crippen molar-refractivity contribution in [1.29, 1.82) is 0 Å². The number of para-hydroxylation sites is 4. The lowest BCUT2D eigenvalue weighted by molar-refractivity contribution is 0.632. The van der Waals surface area contributed by atoms with Crippen molar-refractivity contribution in [2.45, 2.75) is 71.6 Å². The molecule has 6 aromatic heterocycles. The molecule has 8 nitrogen and oxygen atoms in total. The molecule has 22 rings (SSSR count). The molecule has 0 N–H and O–H groups in total. The average molecular weight is 1580 g/mol. The molecular formula is C115H90N8. The minimum absolute atomic E-state index is 0.546. The molecule has 0 aliphatic heterocycles. The van der Waals surface area contributed by atoms with Crippen molar-refractivity contribution in [1.82, 2.24) is 38.2 Å². The third-order valence-corrected chi connectivity index (χ3v) is 25.0. The molecule has 0 saturated carbocycles. The number of rotatable bonds is 20. The van der Waals surface area contributed by atoms with Gasteiger partial charge in [-0.25, -0.2) is 19.9 Å². The molecule has 22 aromatic rings. The molecule has 0 bridgehead atoms. The van der Waals surface area contributed by atoms with Crippen LogP contribution in [-0.2, 0) is 6.42 Å². The van der Waals surface area contributed by atoms with Crippen molar-refractivity contribution in [3.8, 4) is 113 Å². The van der Waals surface area contributed by atoms with E-state index in [9.17, 15) is 0 Å². The van der Waals surface area contributed by atoms with Crippen LogP contribution in [-0.4, -0.2) is 38.2 Å². The van der Waals surface area contributed by atoms with Crippen molar-refractivity contribution in [2.24, 2.45) is 0 Å². The van der Waals surface area contributed by atoms with Gasteiger partial charge in [-0.2, -0.15) is 0 Å². The molecule has 0 aliphatic carbocycles. The van der Waals surface area contributed by atoms with Gasteiger partial charge in [0.25, 0.3) is 0 Å². The lowest BCUT2D eigenvalue weighted by Crippen LogP contribution is -1.97. The third-order valence-electron chi connectivity index (χ3n) is 25.0. The zero-order chi connectivity index (χ0) is 82.3. The van der Waals surface area contributed by atoms with Crippen LogP contribution in [0.5, 0.6) is 0 Å². The quantitative estimate of drug-likeness (QED) is 0.0713. The van der Waals surface area contributed by atoms with Gasteiger partial charge in [-0.15, -0.1) is 0 Å². The fourth-order valence-corrected chi connectivity index (χ4v) is 18.4. The summed E-state index contributed by atoms with van der Waals surface area (Å²) in [6.45, 7) is 6.83. The fraction of sp³-hybridized carbons (Fsp3) is 0.0957. The summed E-state index contributed by atoms with van der Waals surface area (Å²) in [5, 5.41) is 9.97. The molecule has 0 radical (unpaired) electrons. The maximum Gasteiger partial charge on any atom is 0.160 e. The van der Waals surface area contributed by atoms with Gasteiger partial charge in [-0.1, -0.05) is 313 Å². The van der Waals surface area contributed by atoms with Gasteiger partial charge in [0, 0.05) is 99.2 Å². The van der Waals surface area contributed by atoms with Crippen LogP contribution in [0.4, 0.5) is 0 Å². The van der Waals surface area contributed by atoms with Crippen molar-refractivity contribution in [2.75, 3.05) is 0 Å². The second-order valence-corrected chi connectivity index (χ2v) is 32.6. The van der Waals surface area contributed by atoms with Gasteiger partial charge in [0.05, 0.1) is 66.9 Å². The van der Waals surface area contributed by atoms with Crippen LogP contribution in [0, 0.1) is 0 Å². The molecule has 0 fully saturated rings. The smallest absolute Gasteiger partial charge is 0.160 e. The van der Waals surface area contributed by atoms with Gasteiger partial charge in [-0.3, -0.25) is 0 Å². The van der Waals surface area contributed by atoms with Crippen LogP contribution in [0.2, 0.25) is 0 Å². The first-order chi connectivity index (χ1) is 60.8. The maximum absolute atomic E-state index is 5.08. The summed E-state index contributed by atoms with van der Waals surface area (Å²) in [5.41, 5.74) is 31.6. The topological polar surface area (TPSA) is 71.3 Å². The fourth-order valence-electron chi connectivity index (χ4n) is 18.4. The second-order valence-electron chi connectivity index (χ2n) is 32.6. The molecule has 0 saturated heterocycles. The summed E-state index contributed by atoms with van der Waals surface area (Å²) in [4.78, 5) is 20.1. The molecule has 0 amide bonds. The first kappa shape index (κ1) is 75.4. The van der Waals surface area contributed by atoms with Crippen molar-refractivity contribution < 1.29 is 0 Å². The summed E-state index contributed by atoms with van der Waals surface area (Å²) in [5.74, 6) is 1.98. The molecule has 123 heavy (non-hydrogen) atoms. The number of fused-ring (bicyclic) bond motifs is 12. The van der Waals surface area contributed by atoms with Gasteiger partial charge >= 0.3 is 0 Å².